The summed E-state index contributed by atoms with van der Waals surface area (Å²) < 4.78 is 6.43. The zero-order valence-electron chi connectivity index (χ0n) is 15.0. The number of fused-ring (bicyclic) bond motifs is 1. The van der Waals surface area contributed by atoms with Gasteiger partial charge in [0, 0.05) is 24.5 Å². The van der Waals surface area contributed by atoms with Crippen molar-refractivity contribution in [3.05, 3.63) is 65.9 Å². The number of phenolic OH excluding ortho intramolecular Hbond substituents is 1. The van der Waals surface area contributed by atoms with E-state index >= 15 is 0 Å². The molecule has 1 heterocycles. The molecule has 3 aromatic rings. The van der Waals surface area contributed by atoms with Crippen LogP contribution in [0.3, 0.4) is 0 Å². The fraction of sp³-hybridized carbons (Fsp3) is 0.286. The van der Waals surface area contributed by atoms with Gasteiger partial charge >= 0.3 is 5.97 Å². The predicted octanol–water partition coefficient (Wildman–Crippen LogP) is 4.33. The number of carbonyl (C=O) groups excluding carboxylic acids is 1. The highest BCUT2D eigenvalue weighted by Crippen LogP contribution is 2.28. The van der Waals surface area contributed by atoms with E-state index < -0.39 is 0 Å². The van der Waals surface area contributed by atoms with E-state index in [2.05, 4.69) is 52.6 Å². The van der Waals surface area contributed by atoms with Gasteiger partial charge in [0.1, 0.15) is 5.75 Å². The summed E-state index contributed by atoms with van der Waals surface area (Å²) in [5.41, 5.74) is 3.74. The molecule has 0 unspecified atom stereocenters. The SMILES string of the molecule is CCc1cc2c(O)cccc2n1CCc1ccccc1.COC(C)=O. The molecule has 4 nitrogen and oxygen atoms in total. The quantitative estimate of drug-likeness (QED) is 0.720. The number of rotatable bonds is 4. The van der Waals surface area contributed by atoms with Gasteiger partial charge in [-0.3, -0.25) is 4.79 Å². The normalized spacial score (nSPS) is 10.2. The van der Waals surface area contributed by atoms with Crippen LogP contribution < -0.4 is 0 Å². The number of aryl methyl sites for hydroxylation is 3. The number of esters is 1. The second-order valence-electron chi connectivity index (χ2n) is 5.78. The van der Waals surface area contributed by atoms with Gasteiger partial charge in [0.15, 0.2) is 0 Å². The van der Waals surface area contributed by atoms with Gasteiger partial charge in [0.05, 0.1) is 12.6 Å². The lowest BCUT2D eigenvalue weighted by molar-refractivity contribution is -0.137. The molecule has 0 amide bonds. The van der Waals surface area contributed by atoms with E-state index in [0.717, 1.165) is 30.3 Å². The number of aromatic nitrogens is 1. The lowest BCUT2D eigenvalue weighted by Gasteiger charge is -2.10. The van der Waals surface area contributed by atoms with Gasteiger partial charge in [-0.1, -0.05) is 43.3 Å². The van der Waals surface area contributed by atoms with Crippen molar-refractivity contribution in [3.8, 4) is 5.75 Å². The molecule has 0 fully saturated rings. The minimum absolute atomic E-state index is 0.245. The van der Waals surface area contributed by atoms with Gasteiger partial charge in [0.25, 0.3) is 0 Å². The third-order valence-corrected chi connectivity index (χ3v) is 4.13. The standard InChI is InChI=1S/C18H19NO.C3H6O2/c1-2-15-13-16-17(9-6-10-18(16)20)19(15)12-11-14-7-4-3-5-8-14;1-3(4)5-2/h3-10,13,20H,2,11-12H2,1H3;1-2H3. The number of hydrogen-bond donors (Lipinski definition) is 1. The predicted molar refractivity (Wildman–Crippen MR) is 101 cm³/mol. The summed E-state index contributed by atoms with van der Waals surface area (Å²) in [6.45, 7) is 4.46. The average molecular weight is 339 g/mol. The highest BCUT2D eigenvalue weighted by Gasteiger charge is 2.10. The van der Waals surface area contributed by atoms with Crippen molar-refractivity contribution in [1.82, 2.24) is 4.57 Å². The lowest BCUT2D eigenvalue weighted by atomic mass is 10.1. The smallest absolute Gasteiger partial charge is 0.302 e. The van der Waals surface area contributed by atoms with Crippen molar-refractivity contribution in [1.29, 1.82) is 0 Å². The van der Waals surface area contributed by atoms with Gasteiger partial charge in [-0.05, 0) is 36.6 Å². The van der Waals surface area contributed by atoms with E-state index in [1.165, 1.54) is 25.3 Å². The van der Waals surface area contributed by atoms with Gasteiger partial charge in [0.2, 0.25) is 0 Å². The minimum atomic E-state index is -0.245. The van der Waals surface area contributed by atoms with E-state index in [-0.39, 0.29) is 5.97 Å². The van der Waals surface area contributed by atoms with Crippen LogP contribution in [0.2, 0.25) is 0 Å². The largest absolute Gasteiger partial charge is 0.507 e. The summed E-state index contributed by atoms with van der Waals surface area (Å²) in [5, 5.41) is 10.9. The van der Waals surface area contributed by atoms with E-state index in [1.807, 2.05) is 12.1 Å². The third-order valence-electron chi connectivity index (χ3n) is 4.13. The molecule has 0 atom stereocenters. The highest BCUT2D eigenvalue weighted by molar-refractivity contribution is 5.87. The summed E-state index contributed by atoms with van der Waals surface area (Å²) >= 11 is 0. The fourth-order valence-corrected chi connectivity index (χ4v) is 2.77. The van der Waals surface area contributed by atoms with Crippen molar-refractivity contribution < 1.29 is 14.6 Å². The highest BCUT2D eigenvalue weighted by atomic mass is 16.5. The zero-order valence-corrected chi connectivity index (χ0v) is 15.0. The molecule has 0 bridgehead atoms. The van der Waals surface area contributed by atoms with Crippen LogP contribution in [0, 0.1) is 0 Å². The number of aromatic hydroxyl groups is 1. The Hall–Kier alpha value is -2.75. The molecule has 0 spiro atoms. The topological polar surface area (TPSA) is 51.5 Å². The number of nitrogens with zero attached hydrogens (tertiary/aromatic N) is 1. The number of carbonyl (C=O) groups is 1. The zero-order chi connectivity index (χ0) is 18.2. The van der Waals surface area contributed by atoms with Crippen molar-refractivity contribution in [2.75, 3.05) is 7.11 Å². The fourth-order valence-electron chi connectivity index (χ4n) is 2.77. The summed E-state index contributed by atoms with van der Waals surface area (Å²) in [6, 6.07) is 18.4. The number of hydrogen-bond acceptors (Lipinski definition) is 3. The van der Waals surface area contributed by atoms with Crippen molar-refractivity contribution in [2.45, 2.75) is 33.2 Å². The van der Waals surface area contributed by atoms with Crippen LogP contribution in [0.15, 0.2) is 54.6 Å². The minimum Gasteiger partial charge on any atom is -0.507 e. The molecule has 0 radical (unpaired) electrons. The Labute approximate surface area is 148 Å². The van der Waals surface area contributed by atoms with E-state index in [4.69, 9.17) is 0 Å². The first-order chi connectivity index (χ1) is 12.1. The Morgan fingerprint density at radius 3 is 2.40 bits per heavy atom. The van der Waals surface area contributed by atoms with Gasteiger partial charge < -0.3 is 14.4 Å². The van der Waals surface area contributed by atoms with E-state index in [1.54, 1.807) is 6.07 Å². The molecule has 2 aromatic carbocycles. The average Bonchev–Trinajstić information content (AvgIpc) is 3.00. The Bertz CT molecular complexity index is 822. The lowest BCUT2D eigenvalue weighted by Crippen LogP contribution is -2.04. The van der Waals surface area contributed by atoms with Crippen molar-refractivity contribution in [2.24, 2.45) is 0 Å². The van der Waals surface area contributed by atoms with E-state index in [9.17, 15) is 9.90 Å². The van der Waals surface area contributed by atoms with Crippen LogP contribution in [0.25, 0.3) is 10.9 Å². The molecule has 0 aliphatic carbocycles. The number of phenols is 1. The Morgan fingerprint density at radius 2 is 1.80 bits per heavy atom. The number of methoxy groups -OCH3 is 1. The van der Waals surface area contributed by atoms with Crippen LogP contribution in [0.4, 0.5) is 0 Å². The molecule has 1 aromatic heterocycles. The van der Waals surface area contributed by atoms with Gasteiger partial charge in [-0.15, -0.1) is 0 Å². The first kappa shape index (κ1) is 18.6. The maximum Gasteiger partial charge on any atom is 0.302 e. The third kappa shape index (κ3) is 4.86. The molecular weight excluding hydrogens is 314 g/mol. The second-order valence-corrected chi connectivity index (χ2v) is 5.78. The second kappa shape index (κ2) is 8.92. The monoisotopic (exact) mass is 339 g/mol. The maximum absolute atomic E-state index is 9.98. The molecule has 0 saturated heterocycles. The van der Waals surface area contributed by atoms with Crippen molar-refractivity contribution in [3.63, 3.8) is 0 Å². The van der Waals surface area contributed by atoms with Crippen LogP contribution >= 0.6 is 0 Å². The molecule has 4 heteroatoms. The van der Waals surface area contributed by atoms with E-state index in [0.29, 0.717) is 5.75 Å². The van der Waals surface area contributed by atoms with Crippen LogP contribution in [-0.4, -0.2) is 22.8 Å². The number of ether oxygens (including phenoxy) is 1. The maximum atomic E-state index is 9.98. The van der Waals surface area contributed by atoms with Crippen LogP contribution in [0.5, 0.6) is 5.75 Å². The molecule has 3 rings (SSSR count). The molecule has 1 N–H and O–H groups in total. The summed E-state index contributed by atoms with van der Waals surface area (Å²) in [4.78, 5) is 9.59. The van der Waals surface area contributed by atoms with Gasteiger partial charge in [-0.25, -0.2) is 0 Å². The molecule has 25 heavy (non-hydrogen) atoms. The Balaban J connectivity index is 0.000000399. The Morgan fingerprint density at radius 1 is 1.12 bits per heavy atom. The summed E-state index contributed by atoms with van der Waals surface area (Å²) in [7, 11) is 1.35. The number of benzene rings is 2. The summed E-state index contributed by atoms with van der Waals surface area (Å²) in [5.74, 6) is 0.126. The van der Waals surface area contributed by atoms with Gasteiger partial charge in [-0.2, -0.15) is 0 Å². The molecule has 0 aliphatic heterocycles. The first-order valence-electron chi connectivity index (χ1n) is 8.45. The first-order valence-corrected chi connectivity index (χ1v) is 8.45. The molecular formula is C21H25NO3. The summed E-state index contributed by atoms with van der Waals surface area (Å²) in [6.07, 6.45) is 1.98. The molecule has 0 aliphatic rings. The molecule has 132 valence electrons. The van der Waals surface area contributed by atoms with Crippen molar-refractivity contribution >= 4 is 16.9 Å². The molecule has 0 saturated carbocycles. The van der Waals surface area contributed by atoms with Crippen LogP contribution in [-0.2, 0) is 28.9 Å². The van der Waals surface area contributed by atoms with Crippen LogP contribution in [0.1, 0.15) is 25.1 Å². The Kier molecular flexibility index (Phi) is 6.63.